The molecule has 0 aliphatic rings. The largest absolute Gasteiger partial charge is 0.416 e. The molecule has 0 amide bonds. The van der Waals surface area contributed by atoms with Gasteiger partial charge in [0.05, 0.1) is 16.1 Å². The van der Waals surface area contributed by atoms with Gasteiger partial charge >= 0.3 is 6.18 Å². The molecule has 0 fully saturated rings. The number of hydrogen-bond donors (Lipinski definition) is 1. The molecule has 1 unspecified atom stereocenters. The van der Waals surface area contributed by atoms with E-state index in [4.69, 9.17) is 0 Å². The van der Waals surface area contributed by atoms with Crippen molar-refractivity contribution in [1.29, 1.82) is 0 Å². The summed E-state index contributed by atoms with van der Waals surface area (Å²) in [6.07, 6.45) is -4.75. The number of halogens is 6. The van der Waals surface area contributed by atoms with Crippen molar-refractivity contribution in [3.63, 3.8) is 0 Å². The molecule has 25 heavy (non-hydrogen) atoms. The third kappa shape index (κ3) is 4.97. The number of rotatable bonds is 3. The fourth-order valence-electron chi connectivity index (χ4n) is 1.72. The van der Waals surface area contributed by atoms with Gasteiger partial charge in [0.15, 0.2) is 16.8 Å². The van der Waals surface area contributed by atoms with Gasteiger partial charge in [-0.2, -0.15) is 13.2 Å². The zero-order valence-corrected chi connectivity index (χ0v) is 14.3. The summed E-state index contributed by atoms with van der Waals surface area (Å²) in [5.74, 6) is -3.06. The summed E-state index contributed by atoms with van der Waals surface area (Å²) in [6, 6.07) is 3.19. The summed E-state index contributed by atoms with van der Waals surface area (Å²) in [7, 11) is -2.50. The Balaban J connectivity index is 0.00000151. The third-order valence-corrected chi connectivity index (χ3v) is 4.10. The Morgan fingerprint density at radius 2 is 1.52 bits per heavy atom. The zero-order valence-electron chi connectivity index (χ0n) is 13.5. The van der Waals surface area contributed by atoms with Crippen LogP contribution < -0.4 is 4.72 Å². The predicted molar refractivity (Wildman–Crippen MR) is 83.9 cm³/mol. The van der Waals surface area contributed by atoms with Crippen LogP contribution in [0.3, 0.4) is 0 Å². The lowest BCUT2D eigenvalue weighted by atomic mass is 10.2. The minimum atomic E-state index is -4.75. The lowest BCUT2D eigenvalue weighted by Crippen LogP contribution is -2.12. The van der Waals surface area contributed by atoms with Crippen molar-refractivity contribution in [2.75, 3.05) is 4.72 Å². The van der Waals surface area contributed by atoms with E-state index in [0.29, 0.717) is 18.2 Å². The van der Waals surface area contributed by atoms with Gasteiger partial charge in [-0.25, -0.2) is 17.4 Å². The maximum atomic E-state index is 13.8. The second-order valence-electron chi connectivity index (χ2n) is 4.55. The van der Waals surface area contributed by atoms with Gasteiger partial charge in [0.2, 0.25) is 0 Å². The highest BCUT2D eigenvalue weighted by Gasteiger charge is 2.32. The molecule has 0 saturated heterocycles. The molecule has 138 valence electrons. The Morgan fingerprint density at radius 1 is 0.960 bits per heavy atom. The summed E-state index contributed by atoms with van der Waals surface area (Å²) < 4.78 is 92.4. The summed E-state index contributed by atoms with van der Waals surface area (Å²) in [4.78, 5) is -0.791. The summed E-state index contributed by atoms with van der Waals surface area (Å²) in [6.45, 7) is 5.13. The quantitative estimate of drug-likeness (QED) is 0.688. The first-order valence-corrected chi connectivity index (χ1v) is 8.26. The van der Waals surface area contributed by atoms with Crippen molar-refractivity contribution in [3.8, 4) is 0 Å². The van der Waals surface area contributed by atoms with Crippen LogP contribution in [0.2, 0.25) is 0 Å². The smallest absolute Gasteiger partial charge is 0.298 e. The summed E-state index contributed by atoms with van der Waals surface area (Å²) in [5, 5.41) is 0. The van der Waals surface area contributed by atoms with Crippen LogP contribution in [-0.4, -0.2) is 4.21 Å². The minimum Gasteiger partial charge on any atom is -0.298 e. The van der Waals surface area contributed by atoms with Crippen LogP contribution >= 0.6 is 0 Å². The number of alkyl halides is 3. The highest BCUT2D eigenvalue weighted by Crippen LogP contribution is 2.31. The average Bonchev–Trinajstić information content (AvgIpc) is 2.56. The second kappa shape index (κ2) is 8.37. The summed E-state index contributed by atoms with van der Waals surface area (Å²) in [5.41, 5.74) is -1.98. The Labute approximate surface area is 143 Å². The molecule has 0 aliphatic carbocycles. The van der Waals surface area contributed by atoms with Crippen molar-refractivity contribution in [2.24, 2.45) is 0 Å². The van der Waals surface area contributed by atoms with Crippen molar-refractivity contribution in [2.45, 2.75) is 31.8 Å². The standard InChI is InChI=1S/C14H9F6NOS.C2H6/c1-7-9(15)4-5-11(13(7)17)21-23(22)12-6-8(14(18,19)20)2-3-10(12)16;1-2/h2-6,21H,1H3;1-2H3. The minimum absolute atomic E-state index is 0.364. The van der Waals surface area contributed by atoms with Gasteiger partial charge in [-0.1, -0.05) is 13.8 Å². The Bertz CT molecular complexity index is 776. The van der Waals surface area contributed by atoms with E-state index in [1.54, 1.807) is 0 Å². The van der Waals surface area contributed by atoms with Gasteiger partial charge in [-0.15, -0.1) is 0 Å². The van der Waals surface area contributed by atoms with E-state index >= 15 is 0 Å². The van der Waals surface area contributed by atoms with Gasteiger partial charge in [-0.05, 0) is 37.3 Å². The molecule has 1 N–H and O–H groups in total. The van der Waals surface area contributed by atoms with E-state index in [2.05, 4.69) is 0 Å². The SMILES string of the molecule is CC.Cc1c(F)ccc(NS(=O)c2cc(C(F)(F)F)ccc2F)c1F. The van der Waals surface area contributed by atoms with Gasteiger partial charge < -0.3 is 0 Å². The summed E-state index contributed by atoms with van der Waals surface area (Å²) >= 11 is 0. The van der Waals surface area contributed by atoms with Crippen molar-refractivity contribution < 1.29 is 30.6 Å². The van der Waals surface area contributed by atoms with E-state index in [-0.39, 0.29) is 5.56 Å². The van der Waals surface area contributed by atoms with Gasteiger partial charge in [0, 0.05) is 5.56 Å². The van der Waals surface area contributed by atoms with Gasteiger partial charge in [-0.3, -0.25) is 4.72 Å². The normalized spacial score (nSPS) is 12.2. The van der Waals surface area contributed by atoms with Crippen LogP contribution in [0.4, 0.5) is 32.0 Å². The zero-order chi connectivity index (χ0) is 19.4. The molecule has 0 heterocycles. The maximum absolute atomic E-state index is 13.8. The lowest BCUT2D eigenvalue weighted by Gasteiger charge is -2.12. The molecule has 0 aliphatic heterocycles. The first-order valence-electron chi connectivity index (χ1n) is 7.11. The van der Waals surface area contributed by atoms with Crippen LogP contribution in [0, 0.1) is 24.4 Å². The Morgan fingerprint density at radius 3 is 2.08 bits per heavy atom. The fourth-order valence-corrected chi connectivity index (χ4v) is 2.66. The van der Waals surface area contributed by atoms with Gasteiger partial charge in [0.25, 0.3) is 0 Å². The average molecular weight is 383 g/mol. The molecular weight excluding hydrogens is 368 g/mol. The molecule has 0 saturated carbocycles. The Kier molecular flexibility index (Phi) is 7.04. The highest BCUT2D eigenvalue weighted by atomic mass is 32.2. The molecule has 2 aromatic rings. The monoisotopic (exact) mass is 383 g/mol. The molecule has 0 radical (unpaired) electrons. The van der Waals surface area contributed by atoms with Crippen LogP contribution in [0.1, 0.15) is 25.0 Å². The molecule has 0 bridgehead atoms. The molecule has 0 aromatic heterocycles. The Hall–Kier alpha value is -2.03. The lowest BCUT2D eigenvalue weighted by molar-refractivity contribution is -0.137. The number of nitrogens with one attached hydrogen (secondary N) is 1. The number of anilines is 1. The number of benzene rings is 2. The molecule has 2 nitrogen and oxygen atoms in total. The van der Waals surface area contributed by atoms with Crippen LogP contribution in [0.5, 0.6) is 0 Å². The van der Waals surface area contributed by atoms with Crippen LogP contribution in [-0.2, 0) is 17.2 Å². The van der Waals surface area contributed by atoms with E-state index in [0.717, 1.165) is 19.1 Å². The van der Waals surface area contributed by atoms with Crippen molar-refractivity contribution in [3.05, 3.63) is 58.9 Å². The van der Waals surface area contributed by atoms with E-state index in [1.807, 2.05) is 18.6 Å². The van der Waals surface area contributed by atoms with Gasteiger partial charge in [0.1, 0.15) is 11.6 Å². The molecule has 2 aromatic carbocycles. The van der Waals surface area contributed by atoms with Crippen LogP contribution in [0.15, 0.2) is 35.2 Å². The molecule has 2 rings (SSSR count). The van der Waals surface area contributed by atoms with E-state index < -0.39 is 50.8 Å². The third-order valence-electron chi connectivity index (χ3n) is 2.98. The first-order chi connectivity index (χ1) is 11.6. The van der Waals surface area contributed by atoms with Crippen molar-refractivity contribution in [1.82, 2.24) is 0 Å². The van der Waals surface area contributed by atoms with Crippen LogP contribution in [0.25, 0.3) is 0 Å². The first kappa shape index (κ1) is 21.0. The molecular formula is C16H15F6NOS. The molecule has 9 heteroatoms. The second-order valence-corrected chi connectivity index (χ2v) is 5.73. The van der Waals surface area contributed by atoms with E-state index in [1.165, 1.54) is 0 Å². The maximum Gasteiger partial charge on any atom is 0.416 e. The highest BCUT2D eigenvalue weighted by molar-refractivity contribution is 7.86. The predicted octanol–water partition coefficient (Wildman–Crippen LogP) is 5.59. The van der Waals surface area contributed by atoms with E-state index in [9.17, 15) is 30.6 Å². The fraction of sp³-hybridized carbons (Fsp3) is 0.250. The molecule has 0 spiro atoms. The molecule has 1 atom stereocenters. The number of hydrogen-bond acceptors (Lipinski definition) is 1. The van der Waals surface area contributed by atoms with Crippen molar-refractivity contribution >= 4 is 16.7 Å². The topological polar surface area (TPSA) is 29.1 Å².